The van der Waals surface area contributed by atoms with Crippen molar-refractivity contribution in [2.75, 3.05) is 26.4 Å². The Morgan fingerprint density at radius 1 is 0.957 bits per heavy atom. The second-order valence-electron chi connectivity index (χ2n) is 4.34. The Balaban J connectivity index is 2.51. The van der Waals surface area contributed by atoms with Crippen molar-refractivity contribution < 1.29 is 28.5 Å². The molecule has 0 heterocycles. The number of rotatable bonds is 10. The number of hydrogen-bond donors (Lipinski definition) is 0. The van der Waals surface area contributed by atoms with Crippen molar-refractivity contribution in [2.45, 2.75) is 6.92 Å². The van der Waals surface area contributed by atoms with Crippen molar-refractivity contribution in [3.05, 3.63) is 49.1 Å². The average molecular weight is 320 g/mol. The van der Waals surface area contributed by atoms with Gasteiger partial charge in [0.1, 0.15) is 26.4 Å². The first-order valence-corrected chi connectivity index (χ1v) is 7.02. The van der Waals surface area contributed by atoms with E-state index >= 15 is 0 Å². The van der Waals surface area contributed by atoms with E-state index in [1.54, 1.807) is 6.07 Å². The summed E-state index contributed by atoms with van der Waals surface area (Å²) in [6.07, 6.45) is 2.18. The fourth-order valence-electron chi connectivity index (χ4n) is 1.62. The normalized spacial score (nSPS) is 9.61. The first-order valence-electron chi connectivity index (χ1n) is 7.02. The maximum Gasteiger partial charge on any atom is 0.330 e. The molecule has 1 aromatic rings. The number of carbonyl (C=O) groups excluding carboxylic acids is 2. The average Bonchev–Trinajstić information content (AvgIpc) is 2.56. The first-order chi connectivity index (χ1) is 11.1. The van der Waals surface area contributed by atoms with Gasteiger partial charge in [0.05, 0.1) is 0 Å². The van der Waals surface area contributed by atoms with E-state index in [1.807, 2.05) is 19.1 Å². The van der Waals surface area contributed by atoms with E-state index in [4.69, 9.17) is 18.9 Å². The van der Waals surface area contributed by atoms with Gasteiger partial charge in [0.2, 0.25) is 0 Å². The number of esters is 2. The van der Waals surface area contributed by atoms with Crippen molar-refractivity contribution in [1.82, 2.24) is 0 Å². The molecule has 0 aliphatic heterocycles. The van der Waals surface area contributed by atoms with E-state index in [1.165, 1.54) is 0 Å². The Hall–Kier alpha value is -2.76. The maximum atomic E-state index is 10.9. The van der Waals surface area contributed by atoms with E-state index in [9.17, 15) is 9.59 Å². The predicted molar refractivity (Wildman–Crippen MR) is 84.5 cm³/mol. The molecule has 1 rings (SSSR count). The monoisotopic (exact) mass is 320 g/mol. The molecule has 124 valence electrons. The Bertz CT molecular complexity index is 564. The van der Waals surface area contributed by atoms with Crippen molar-refractivity contribution in [1.29, 1.82) is 0 Å². The van der Waals surface area contributed by atoms with Crippen molar-refractivity contribution in [2.24, 2.45) is 0 Å². The summed E-state index contributed by atoms with van der Waals surface area (Å²) in [7, 11) is 0. The molecule has 0 bridgehead atoms. The molecule has 0 unspecified atom stereocenters. The van der Waals surface area contributed by atoms with Gasteiger partial charge in [0.15, 0.2) is 11.5 Å². The smallest absolute Gasteiger partial charge is 0.330 e. The van der Waals surface area contributed by atoms with E-state index in [-0.39, 0.29) is 26.4 Å². The van der Waals surface area contributed by atoms with Crippen LogP contribution in [0, 0.1) is 6.92 Å². The van der Waals surface area contributed by atoms with Gasteiger partial charge in [-0.15, -0.1) is 0 Å². The molecule has 0 radical (unpaired) electrons. The highest BCUT2D eigenvalue weighted by Crippen LogP contribution is 2.30. The Morgan fingerprint density at radius 2 is 1.52 bits per heavy atom. The van der Waals surface area contributed by atoms with Gasteiger partial charge in [-0.3, -0.25) is 0 Å². The zero-order chi connectivity index (χ0) is 17.1. The lowest BCUT2D eigenvalue weighted by Crippen LogP contribution is -2.13. The molecule has 6 nitrogen and oxygen atoms in total. The number of ether oxygens (including phenoxy) is 4. The molecule has 0 fully saturated rings. The number of aryl methyl sites for hydroxylation is 1. The van der Waals surface area contributed by atoms with Crippen molar-refractivity contribution in [3.8, 4) is 11.5 Å². The van der Waals surface area contributed by atoms with Crippen LogP contribution in [0.5, 0.6) is 11.5 Å². The van der Waals surface area contributed by atoms with Crippen molar-refractivity contribution in [3.63, 3.8) is 0 Å². The second-order valence-corrected chi connectivity index (χ2v) is 4.34. The third kappa shape index (κ3) is 6.69. The van der Waals surface area contributed by atoms with Crippen LogP contribution in [0.15, 0.2) is 43.5 Å². The van der Waals surface area contributed by atoms with Crippen LogP contribution in [0.1, 0.15) is 5.56 Å². The van der Waals surface area contributed by atoms with Gasteiger partial charge in [-0.05, 0) is 18.6 Å². The standard InChI is InChI=1S/C17H20O6/c1-4-15(18)21-10-9-20-14-8-6-7-13(3)17(14)23-12-11-22-16(19)5-2/h4-8H,1-2,9-12H2,3H3. The molecular formula is C17H20O6. The molecule has 0 atom stereocenters. The quantitative estimate of drug-likeness (QED) is 0.374. The number of benzene rings is 1. The van der Waals surface area contributed by atoms with Crippen LogP contribution in [0.25, 0.3) is 0 Å². The summed E-state index contributed by atoms with van der Waals surface area (Å²) >= 11 is 0. The molecule has 23 heavy (non-hydrogen) atoms. The highest BCUT2D eigenvalue weighted by atomic mass is 16.6. The van der Waals surface area contributed by atoms with Crippen LogP contribution >= 0.6 is 0 Å². The zero-order valence-electron chi connectivity index (χ0n) is 13.1. The van der Waals surface area contributed by atoms with Crippen LogP contribution in [0.2, 0.25) is 0 Å². The van der Waals surface area contributed by atoms with Gasteiger partial charge in [0.25, 0.3) is 0 Å². The van der Waals surface area contributed by atoms with E-state index < -0.39 is 11.9 Å². The lowest BCUT2D eigenvalue weighted by atomic mass is 10.2. The molecule has 6 heteroatoms. The van der Waals surface area contributed by atoms with Crippen molar-refractivity contribution >= 4 is 11.9 Å². The summed E-state index contributed by atoms with van der Waals surface area (Å²) < 4.78 is 20.8. The highest BCUT2D eigenvalue weighted by Gasteiger charge is 2.09. The molecule has 0 N–H and O–H groups in total. The first kappa shape index (κ1) is 18.3. The van der Waals surface area contributed by atoms with Gasteiger partial charge >= 0.3 is 11.9 Å². The van der Waals surface area contributed by atoms with E-state index in [0.29, 0.717) is 11.5 Å². The van der Waals surface area contributed by atoms with Gasteiger partial charge in [0, 0.05) is 12.2 Å². The second kappa shape index (κ2) is 10.0. The van der Waals surface area contributed by atoms with Gasteiger partial charge in [-0.2, -0.15) is 0 Å². The molecule has 0 aromatic heterocycles. The Kier molecular flexibility index (Phi) is 7.99. The molecule has 0 saturated carbocycles. The Morgan fingerprint density at radius 3 is 2.09 bits per heavy atom. The largest absolute Gasteiger partial charge is 0.486 e. The van der Waals surface area contributed by atoms with Crippen LogP contribution in [-0.4, -0.2) is 38.4 Å². The predicted octanol–water partition coefficient (Wildman–Crippen LogP) is 2.21. The topological polar surface area (TPSA) is 71.1 Å². The molecule has 0 spiro atoms. The highest BCUT2D eigenvalue weighted by molar-refractivity contribution is 5.81. The molecule has 1 aromatic carbocycles. The number of para-hydroxylation sites is 1. The van der Waals surface area contributed by atoms with Gasteiger partial charge in [-0.1, -0.05) is 25.3 Å². The Labute approximate surface area is 135 Å². The summed E-state index contributed by atoms with van der Waals surface area (Å²) in [5, 5.41) is 0. The van der Waals surface area contributed by atoms with E-state index in [2.05, 4.69) is 13.2 Å². The SMILES string of the molecule is C=CC(=O)OCCOc1cccc(C)c1OCCOC(=O)C=C. The summed E-state index contributed by atoms with van der Waals surface area (Å²) in [4.78, 5) is 21.9. The molecular weight excluding hydrogens is 300 g/mol. The number of carbonyl (C=O) groups is 2. The fraction of sp³-hybridized carbons (Fsp3) is 0.294. The minimum Gasteiger partial charge on any atom is -0.486 e. The third-order valence-electron chi connectivity index (χ3n) is 2.67. The summed E-state index contributed by atoms with van der Waals surface area (Å²) in [5.74, 6) is 0.0733. The maximum absolute atomic E-state index is 10.9. The number of hydrogen-bond acceptors (Lipinski definition) is 6. The fourth-order valence-corrected chi connectivity index (χ4v) is 1.62. The van der Waals surface area contributed by atoms with Crippen LogP contribution in [0.4, 0.5) is 0 Å². The summed E-state index contributed by atoms with van der Waals surface area (Å²) in [5.41, 5.74) is 0.876. The molecule has 0 saturated heterocycles. The van der Waals surface area contributed by atoms with E-state index in [0.717, 1.165) is 17.7 Å². The zero-order valence-corrected chi connectivity index (χ0v) is 13.1. The van der Waals surface area contributed by atoms with Crippen LogP contribution in [-0.2, 0) is 19.1 Å². The summed E-state index contributed by atoms with van der Waals surface area (Å²) in [6, 6.07) is 5.44. The lowest BCUT2D eigenvalue weighted by Gasteiger charge is -2.14. The lowest BCUT2D eigenvalue weighted by molar-refractivity contribution is -0.139. The summed E-state index contributed by atoms with van der Waals surface area (Å²) in [6.45, 7) is 9.07. The van der Waals surface area contributed by atoms with Crippen LogP contribution < -0.4 is 9.47 Å². The molecule has 0 aliphatic carbocycles. The van der Waals surface area contributed by atoms with Crippen LogP contribution in [0.3, 0.4) is 0 Å². The minimum atomic E-state index is -0.502. The van der Waals surface area contributed by atoms with Gasteiger partial charge < -0.3 is 18.9 Å². The molecule has 0 aliphatic rings. The molecule has 0 amide bonds. The van der Waals surface area contributed by atoms with Gasteiger partial charge in [-0.25, -0.2) is 9.59 Å². The third-order valence-corrected chi connectivity index (χ3v) is 2.67. The minimum absolute atomic E-state index is 0.106.